The van der Waals surface area contributed by atoms with Gasteiger partial charge in [0, 0.05) is 38.5 Å². The van der Waals surface area contributed by atoms with Crippen LogP contribution in [-0.2, 0) is 16.1 Å². The Bertz CT molecular complexity index is 551. The van der Waals surface area contributed by atoms with Crippen LogP contribution in [0.3, 0.4) is 0 Å². The molecule has 1 aliphatic carbocycles. The molecule has 2 aliphatic rings. The third-order valence-electron chi connectivity index (χ3n) is 4.28. The number of aryl methyl sites for hydroxylation is 1. The van der Waals surface area contributed by atoms with E-state index < -0.39 is 0 Å². The highest BCUT2D eigenvalue weighted by atomic mass is 16.2. The molecule has 1 aromatic carbocycles. The molecule has 4 heteroatoms. The second kappa shape index (κ2) is 5.88. The number of amides is 2. The molecular weight excluding hydrogens is 264 g/mol. The molecule has 1 heterocycles. The monoisotopic (exact) mass is 286 g/mol. The molecule has 0 unspecified atom stereocenters. The van der Waals surface area contributed by atoms with Crippen LogP contribution in [0.25, 0.3) is 0 Å². The fourth-order valence-corrected chi connectivity index (χ4v) is 2.87. The molecule has 3 rings (SSSR count). The summed E-state index contributed by atoms with van der Waals surface area (Å²) < 4.78 is 0. The van der Waals surface area contributed by atoms with Crippen molar-refractivity contribution in [2.75, 3.05) is 19.6 Å². The standard InChI is InChI=1S/C17H22N2O2/c1-13-3-2-4-14(11-13)12-19-10-9-18(8-7-16(19)20)17(21)15-5-6-15/h2-4,11,15H,5-10,12H2,1H3. The van der Waals surface area contributed by atoms with Crippen molar-refractivity contribution >= 4 is 11.8 Å². The van der Waals surface area contributed by atoms with Crippen molar-refractivity contribution < 1.29 is 9.59 Å². The molecular formula is C17H22N2O2. The van der Waals surface area contributed by atoms with Crippen molar-refractivity contribution in [1.82, 2.24) is 9.80 Å². The lowest BCUT2D eigenvalue weighted by molar-refractivity contribution is -0.132. The van der Waals surface area contributed by atoms with E-state index in [0.29, 0.717) is 32.6 Å². The molecule has 112 valence electrons. The predicted octanol–water partition coefficient (Wildman–Crippen LogP) is 1.97. The molecule has 0 spiro atoms. The van der Waals surface area contributed by atoms with Crippen LogP contribution in [0.5, 0.6) is 0 Å². The first-order valence-corrected chi connectivity index (χ1v) is 7.75. The van der Waals surface area contributed by atoms with Gasteiger partial charge in [0.2, 0.25) is 11.8 Å². The van der Waals surface area contributed by atoms with Crippen LogP contribution in [-0.4, -0.2) is 41.2 Å². The van der Waals surface area contributed by atoms with Gasteiger partial charge >= 0.3 is 0 Å². The minimum Gasteiger partial charge on any atom is -0.340 e. The molecule has 2 fully saturated rings. The van der Waals surface area contributed by atoms with E-state index in [-0.39, 0.29) is 17.7 Å². The van der Waals surface area contributed by atoms with Gasteiger partial charge in [0.1, 0.15) is 0 Å². The van der Waals surface area contributed by atoms with Gasteiger partial charge in [-0.1, -0.05) is 29.8 Å². The van der Waals surface area contributed by atoms with E-state index in [4.69, 9.17) is 0 Å². The third-order valence-corrected chi connectivity index (χ3v) is 4.28. The Morgan fingerprint density at radius 2 is 2.05 bits per heavy atom. The maximum Gasteiger partial charge on any atom is 0.225 e. The lowest BCUT2D eigenvalue weighted by Crippen LogP contribution is -2.36. The molecule has 0 N–H and O–H groups in total. The Morgan fingerprint density at radius 3 is 2.76 bits per heavy atom. The van der Waals surface area contributed by atoms with Gasteiger partial charge < -0.3 is 9.80 Å². The van der Waals surface area contributed by atoms with Gasteiger partial charge in [-0.2, -0.15) is 0 Å². The van der Waals surface area contributed by atoms with Gasteiger partial charge in [-0.15, -0.1) is 0 Å². The van der Waals surface area contributed by atoms with Crippen LogP contribution in [0.1, 0.15) is 30.4 Å². The van der Waals surface area contributed by atoms with Gasteiger partial charge in [-0.25, -0.2) is 0 Å². The molecule has 1 saturated heterocycles. The van der Waals surface area contributed by atoms with Crippen LogP contribution in [0.2, 0.25) is 0 Å². The zero-order valence-corrected chi connectivity index (χ0v) is 12.5. The SMILES string of the molecule is Cc1cccc(CN2CCN(C(=O)C3CC3)CCC2=O)c1. The molecule has 1 aromatic rings. The number of carbonyl (C=O) groups excluding carboxylic acids is 2. The molecule has 21 heavy (non-hydrogen) atoms. The highest BCUT2D eigenvalue weighted by Crippen LogP contribution is 2.31. The molecule has 2 amide bonds. The first-order valence-electron chi connectivity index (χ1n) is 7.75. The van der Waals surface area contributed by atoms with Crippen molar-refractivity contribution in [1.29, 1.82) is 0 Å². The molecule has 1 saturated carbocycles. The van der Waals surface area contributed by atoms with E-state index >= 15 is 0 Å². The van der Waals surface area contributed by atoms with Crippen molar-refractivity contribution in [3.8, 4) is 0 Å². The minimum atomic E-state index is 0.155. The molecule has 4 nitrogen and oxygen atoms in total. The van der Waals surface area contributed by atoms with E-state index in [1.54, 1.807) is 0 Å². The summed E-state index contributed by atoms with van der Waals surface area (Å²) in [6.45, 7) is 4.60. The second-order valence-electron chi connectivity index (χ2n) is 6.15. The molecule has 0 bridgehead atoms. The zero-order valence-electron chi connectivity index (χ0n) is 12.5. The minimum absolute atomic E-state index is 0.155. The lowest BCUT2D eigenvalue weighted by atomic mass is 10.1. The average molecular weight is 286 g/mol. The molecule has 0 radical (unpaired) electrons. The largest absolute Gasteiger partial charge is 0.340 e. The van der Waals surface area contributed by atoms with E-state index in [0.717, 1.165) is 18.4 Å². The number of hydrogen-bond donors (Lipinski definition) is 0. The van der Waals surface area contributed by atoms with Crippen molar-refractivity contribution in [3.63, 3.8) is 0 Å². The van der Waals surface area contributed by atoms with Crippen LogP contribution in [0.4, 0.5) is 0 Å². The van der Waals surface area contributed by atoms with Crippen molar-refractivity contribution in [2.24, 2.45) is 5.92 Å². The van der Waals surface area contributed by atoms with E-state index in [1.807, 2.05) is 15.9 Å². The Balaban J connectivity index is 1.63. The third kappa shape index (κ3) is 3.43. The fourth-order valence-electron chi connectivity index (χ4n) is 2.87. The number of hydrogen-bond acceptors (Lipinski definition) is 2. The summed E-state index contributed by atoms with van der Waals surface area (Å²) in [6, 6.07) is 8.25. The first kappa shape index (κ1) is 14.1. The first-order chi connectivity index (χ1) is 10.1. The summed E-state index contributed by atoms with van der Waals surface area (Å²) >= 11 is 0. The summed E-state index contributed by atoms with van der Waals surface area (Å²) in [5.74, 6) is 0.645. The van der Waals surface area contributed by atoms with Gasteiger partial charge in [-0.3, -0.25) is 9.59 Å². The van der Waals surface area contributed by atoms with Gasteiger partial charge in [0.25, 0.3) is 0 Å². The molecule has 0 aromatic heterocycles. The van der Waals surface area contributed by atoms with Crippen LogP contribution in [0, 0.1) is 12.8 Å². The summed E-state index contributed by atoms with van der Waals surface area (Å²) in [5.41, 5.74) is 2.37. The second-order valence-corrected chi connectivity index (χ2v) is 6.15. The maximum atomic E-state index is 12.2. The number of benzene rings is 1. The smallest absolute Gasteiger partial charge is 0.225 e. The Labute approximate surface area is 125 Å². The highest BCUT2D eigenvalue weighted by Gasteiger charge is 2.34. The summed E-state index contributed by atoms with van der Waals surface area (Å²) in [4.78, 5) is 28.1. The lowest BCUT2D eigenvalue weighted by Gasteiger charge is -2.22. The molecule has 1 aliphatic heterocycles. The number of nitrogens with zero attached hydrogens (tertiary/aromatic N) is 2. The number of carbonyl (C=O) groups is 2. The number of rotatable bonds is 3. The topological polar surface area (TPSA) is 40.6 Å². The van der Waals surface area contributed by atoms with Gasteiger partial charge in [0.05, 0.1) is 0 Å². The Morgan fingerprint density at radius 1 is 1.24 bits per heavy atom. The van der Waals surface area contributed by atoms with E-state index in [1.165, 1.54) is 5.56 Å². The van der Waals surface area contributed by atoms with E-state index in [9.17, 15) is 9.59 Å². The highest BCUT2D eigenvalue weighted by molar-refractivity contribution is 5.83. The predicted molar refractivity (Wildman–Crippen MR) is 80.5 cm³/mol. The van der Waals surface area contributed by atoms with Gasteiger partial charge in [-0.05, 0) is 25.3 Å². The molecule has 0 atom stereocenters. The van der Waals surface area contributed by atoms with Crippen LogP contribution >= 0.6 is 0 Å². The quantitative estimate of drug-likeness (QED) is 0.852. The van der Waals surface area contributed by atoms with Crippen LogP contribution < -0.4 is 0 Å². The zero-order chi connectivity index (χ0) is 14.8. The maximum absolute atomic E-state index is 12.2. The van der Waals surface area contributed by atoms with Crippen molar-refractivity contribution in [3.05, 3.63) is 35.4 Å². The summed E-state index contributed by atoms with van der Waals surface area (Å²) in [6.07, 6.45) is 2.50. The van der Waals surface area contributed by atoms with Gasteiger partial charge in [0.15, 0.2) is 0 Å². The fraction of sp³-hybridized carbons (Fsp3) is 0.529. The van der Waals surface area contributed by atoms with Crippen molar-refractivity contribution in [2.45, 2.75) is 32.7 Å². The Kier molecular flexibility index (Phi) is 3.95. The van der Waals surface area contributed by atoms with E-state index in [2.05, 4.69) is 25.1 Å². The average Bonchev–Trinajstić information content (AvgIpc) is 3.29. The summed E-state index contributed by atoms with van der Waals surface area (Å²) in [5, 5.41) is 0. The van der Waals surface area contributed by atoms with Crippen LogP contribution in [0.15, 0.2) is 24.3 Å². The summed E-state index contributed by atoms with van der Waals surface area (Å²) in [7, 11) is 0. The Hall–Kier alpha value is -1.84. The normalized spacial score (nSPS) is 19.6.